The Kier molecular flexibility index (Phi) is 5.02. The number of aryl methyl sites for hydroxylation is 1. The van der Waals surface area contributed by atoms with Crippen molar-refractivity contribution in [2.24, 2.45) is 0 Å². The molecule has 2 aromatic heterocycles. The van der Waals surface area contributed by atoms with Crippen molar-refractivity contribution in [3.05, 3.63) is 65.6 Å². The minimum atomic E-state index is -0.507. The Morgan fingerprint density at radius 2 is 2.00 bits per heavy atom. The van der Waals surface area contributed by atoms with Crippen molar-refractivity contribution in [1.29, 1.82) is 0 Å². The van der Waals surface area contributed by atoms with Gasteiger partial charge in [-0.2, -0.15) is 0 Å². The fourth-order valence-corrected chi connectivity index (χ4v) is 2.36. The summed E-state index contributed by atoms with van der Waals surface area (Å²) in [4.78, 5) is 27.6. The fourth-order valence-electron chi connectivity index (χ4n) is 2.36. The predicted octanol–water partition coefficient (Wildman–Crippen LogP) is 1.80. The summed E-state index contributed by atoms with van der Waals surface area (Å²) >= 11 is 0. The Morgan fingerprint density at radius 1 is 1.15 bits per heavy atom. The average molecular weight is 353 g/mol. The molecule has 0 aliphatic rings. The predicted molar refractivity (Wildman–Crippen MR) is 95.8 cm³/mol. The van der Waals surface area contributed by atoms with Crippen LogP contribution in [-0.2, 0) is 6.61 Å². The van der Waals surface area contributed by atoms with Gasteiger partial charge in [-0.3, -0.25) is 10.2 Å². The van der Waals surface area contributed by atoms with Gasteiger partial charge in [0.25, 0.3) is 5.91 Å². The summed E-state index contributed by atoms with van der Waals surface area (Å²) in [5.74, 6) is 0.0908. The highest BCUT2D eigenvalue weighted by molar-refractivity contribution is 5.95. The molecule has 3 N–H and O–H groups in total. The molecule has 134 valence electrons. The highest BCUT2D eigenvalue weighted by Crippen LogP contribution is 2.15. The zero-order valence-corrected chi connectivity index (χ0v) is 14.4. The van der Waals surface area contributed by atoms with E-state index in [1.165, 1.54) is 7.05 Å². The van der Waals surface area contributed by atoms with Crippen molar-refractivity contribution < 1.29 is 14.3 Å². The lowest BCUT2D eigenvalue weighted by Gasteiger charge is -2.08. The molecule has 0 aliphatic carbocycles. The number of hydrogen-bond donors (Lipinski definition) is 3. The summed E-state index contributed by atoms with van der Waals surface area (Å²) in [7, 11) is 1.45. The minimum absolute atomic E-state index is 0.280. The number of carbonyl (C=O) groups is 2. The smallest absolute Gasteiger partial charge is 0.333 e. The van der Waals surface area contributed by atoms with E-state index in [-0.39, 0.29) is 6.61 Å². The van der Waals surface area contributed by atoms with Crippen LogP contribution >= 0.6 is 0 Å². The molecular weight excluding hydrogens is 334 g/mol. The van der Waals surface area contributed by atoms with Crippen LogP contribution in [0.2, 0.25) is 0 Å². The van der Waals surface area contributed by atoms with E-state index in [1.54, 1.807) is 24.3 Å². The normalized spacial score (nSPS) is 10.4. The summed E-state index contributed by atoms with van der Waals surface area (Å²) < 4.78 is 7.68. The first-order valence-corrected chi connectivity index (χ1v) is 8.00. The summed E-state index contributed by atoms with van der Waals surface area (Å²) in [5.41, 5.74) is 7.67. The number of aromatic nitrogens is 2. The number of rotatable bonds is 4. The van der Waals surface area contributed by atoms with Crippen LogP contribution in [0.25, 0.3) is 5.65 Å². The van der Waals surface area contributed by atoms with E-state index in [1.807, 2.05) is 35.9 Å². The fraction of sp³-hybridized carbons (Fsp3) is 0.167. The maximum absolute atomic E-state index is 12.0. The third-order valence-electron chi connectivity index (χ3n) is 3.65. The van der Waals surface area contributed by atoms with Crippen LogP contribution in [0, 0.1) is 6.92 Å². The maximum Gasteiger partial charge on any atom is 0.333 e. The van der Waals surface area contributed by atoms with E-state index in [0.29, 0.717) is 11.3 Å². The summed E-state index contributed by atoms with van der Waals surface area (Å²) in [6.45, 7) is 2.30. The zero-order valence-electron chi connectivity index (χ0n) is 14.4. The number of nitrogens with zero attached hydrogens (tertiary/aromatic N) is 2. The lowest BCUT2D eigenvalue weighted by atomic mass is 10.2. The highest BCUT2D eigenvalue weighted by atomic mass is 16.5. The quantitative estimate of drug-likeness (QED) is 0.623. The van der Waals surface area contributed by atoms with E-state index in [0.717, 1.165) is 16.9 Å². The van der Waals surface area contributed by atoms with Crippen LogP contribution < -0.4 is 20.9 Å². The Labute approximate surface area is 150 Å². The Balaban J connectivity index is 1.64. The van der Waals surface area contributed by atoms with Crippen LogP contribution in [-0.4, -0.2) is 28.4 Å². The molecule has 0 aliphatic heterocycles. The number of benzene rings is 1. The molecule has 26 heavy (non-hydrogen) atoms. The first kappa shape index (κ1) is 17.3. The van der Waals surface area contributed by atoms with Crippen molar-refractivity contribution in [3.8, 4) is 5.75 Å². The van der Waals surface area contributed by atoms with Gasteiger partial charge in [-0.25, -0.2) is 15.2 Å². The van der Waals surface area contributed by atoms with Crippen LogP contribution in [0.3, 0.4) is 0 Å². The third kappa shape index (κ3) is 4.10. The van der Waals surface area contributed by atoms with Crippen LogP contribution in [0.1, 0.15) is 21.6 Å². The van der Waals surface area contributed by atoms with Crippen LogP contribution in [0.15, 0.2) is 48.8 Å². The number of carbonyl (C=O) groups excluding carboxylic acids is 2. The molecule has 0 saturated carbocycles. The molecule has 0 unspecified atom stereocenters. The Hall–Kier alpha value is -3.55. The number of fused-ring (bicyclic) bond motifs is 1. The molecule has 0 saturated heterocycles. The number of urea groups is 1. The van der Waals surface area contributed by atoms with Gasteiger partial charge < -0.3 is 14.5 Å². The number of hydrogen-bond acceptors (Lipinski definition) is 4. The lowest BCUT2D eigenvalue weighted by Crippen LogP contribution is -2.45. The molecule has 3 rings (SSSR count). The molecule has 0 fully saturated rings. The molecule has 0 radical (unpaired) electrons. The van der Waals surface area contributed by atoms with Crippen molar-refractivity contribution in [1.82, 2.24) is 25.6 Å². The number of pyridine rings is 1. The molecule has 8 nitrogen and oxygen atoms in total. The molecule has 8 heteroatoms. The van der Waals surface area contributed by atoms with E-state index in [4.69, 9.17) is 4.74 Å². The first-order chi connectivity index (χ1) is 12.5. The lowest BCUT2D eigenvalue weighted by molar-refractivity contribution is 0.0936. The number of imidazole rings is 1. The third-order valence-corrected chi connectivity index (χ3v) is 3.65. The van der Waals surface area contributed by atoms with Crippen molar-refractivity contribution in [2.45, 2.75) is 13.5 Å². The highest BCUT2D eigenvalue weighted by Gasteiger charge is 2.08. The Bertz CT molecular complexity index is 951. The molecule has 0 spiro atoms. The molecule has 0 bridgehead atoms. The molecule has 0 atom stereocenters. The minimum Gasteiger partial charge on any atom is -0.487 e. The van der Waals surface area contributed by atoms with E-state index in [9.17, 15) is 9.59 Å². The van der Waals surface area contributed by atoms with Crippen molar-refractivity contribution in [2.75, 3.05) is 7.05 Å². The largest absolute Gasteiger partial charge is 0.487 e. The molecule has 1 aromatic carbocycles. The summed E-state index contributed by atoms with van der Waals surface area (Å²) in [5, 5.41) is 2.34. The second-order valence-electron chi connectivity index (χ2n) is 5.68. The molecule has 3 amide bonds. The van der Waals surface area contributed by atoms with Gasteiger partial charge in [-0.1, -0.05) is 12.1 Å². The topological polar surface area (TPSA) is 96.8 Å². The number of ether oxygens (including phenoxy) is 1. The monoisotopic (exact) mass is 353 g/mol. The SMILES string of the molecule is CNC(=O)NNC(=O)c1cccc(OCc2cn3cc(C)ccc3n2)c1. The molecular formula is C18H19N5O3. The van der Waals surface area contributed by atoms with E-state index in [2.05, 4.69) is 21.2 Å². The van der Waals surface area contributed by atoms with E-state index < -0.39 is 11.9 Å². The average Bonchev–Trinajstić information content (AvgIpc) is 3.06. The van der Waals surface area contributed by atoms with Gasteiger partial charge in [0, 0.05) is 25.0 Å². The molecule has 3 aromatic rings. The zero-order chi connectivity index (χ0) is 18.5. The van der Waals surface area contributed by atoms with Gasteiger partial charge in [-0.15, -0.1) is 0 Å². The van der Waals surface area contributed by atoms with Gasteiger partial charge in [0.1, 0.15) is 18.0 Å². The maximum atomic E-state index is 12.0. The summed E-state index contributed by atoms with van der Waals surface area (Å²) in [6, 6.07) is 10.1. The Morgan fingerprint density at radius 3 is 2.81 bits per heavy atom. The van der Waals surface area contributed by atoms with Gasteiger partial charge in [-0.05, 0) is 36.8 Å². The van der Waals surface area contributed by atoms with Gasteiger partial charge in [0.05, 0.1) is 5.69 Å². The van der Waals surface area contributed by atoms with Gasteiger partial charge in [0.2, 0.25) is 0 Å². The van der Waals surface area contributed by atoms with Crippen molar-refractivity contribution >= 4 is 17.6 Å². The second-order valence-corrected chi connectivity index (χ2v) is 5.68. The van der Waals surface area contributed by atoms with Gasteiger partial charge >= 0.3 is 6.03 Å². The first-order valence-electron chi connectivity index (χ1n) is 8.00. The standard InChI is InChI=1S/C18H19N5O3/c1-12-6-7-16-20-14(10-23(16)9-12)11-26-15-5-3-4-13(8-15)17(24)21-22-18(25)19-2/h3-10H,11H2,1-2H3,(H,21,24)(H2,19,22,25). The summed E-state index contributed by atoms with van der Waals surface area (Å²) in [6.07, 6.45) is 3.91. The number of amides is 3. The van der Waals surface area contributed by atoms with Gasteiger partial charge in [0.15, 0.2) is 0 Å². The second kappa shape index (κ2) is 7.56. The van der Waals surface area contributed by atoms with Crippen LogP contribution in [0.4, 0.5) is 4.79 Å². The van der Waals surface area contributed by atoms with Crippen LogP contribution in [0.5, 0.6) is 5.75 Å². The van der Waals surface area contributed by atoms with Crippen molar-refractivity contribution in [3.63, 3.8) is 0 Å². The number of hydrazine groups is 1. The number of nitrogens with one attached hydrogen (secondary N) is 3. The molecule has 2 heterocycles. The van der Waals surface area contributed by atoms with E-state index >= 15 is 0 Å².